The van der Waals surface area contributed by atoms with Gasteiger partial charge < -0.3 is 4.90 Å². The van der Waals surface area contributed by atoms with Crippen molar-refractivity contribution in [2.24, 2.45) is 5.92 Å². The molecule has 15 heavy (non-hydrogen) atoms. The van der Waals surface area contributed by atoms with Gasteiger partial charge in [-0.1, -0.05) is 46.0 Å². The van der Waals surface area contributed by atoms with E-state index in [1.54, 1.807) is 0 Å². The minimum atomic E-state index is 0.895. The van der Waals surface area contributed by atoms with E-state index in [0.717, 1.165) is 5.92 Å². The summed E-state index contributed by atoms with van der Waals surface area (Å²) in [6.45, 7) is 8.75. The highest BCUT2D eigenvalue weighted by Gasteiger charge is 2.08. The predicted molar refractivity (Wildman–Crippen MR) is 68.2 cm³/mol. The second kappa shape index (κ2) is 8.15. The quantitative estimate of drug-likeness (QED) is 0.574. The Morgan fingerprint density at radius 3 is 2.20 bits per heavy atom. The van der Waals surface area contributed by atoms with E-state index < -0.39 is 0 Å². The first-order chi connectivity index (χ1) is 7.29. The molecule has 1 nitrogen and oxygen atoms in total. The molecule has 1 aliphatic heterocycles. The van der Waals surface area contributed by atoms with E-state index in [-0.39, 0.29) is 0 Å². The normalized spacial score (nSPS) is 18.6. The van der Waals surface area contributed by atoms with Crippen molar-refractivity contribution >= 4 is 0 Å². The molecule has 0 aliphatic carbocycles. The summed E-state index contributed by atoms with van der Waals surface area (Å²) in [5.41, 5.74) is 0. The van der Waals surface area contributed by atoms with Gasteiger partial charge in [-0.25, -0.2) is 0 Å². The molecule has 1 saturated heterocycles. The molecule has 1 heteroatoms. The second-order valence-electron chi connectivity index (χ2n) is 5.50. The van der Waals surface area contributed by atoms with E-state index in [1.807, 2.05) is 0 Å². The molecular weight excluding hydrogens is 182 g/mol. The van der Waals surface area contributed by atoms with Gasteiger partial charge in [0.25, 0.3) is 0 Å². The molecule has 90 valence electrons. The summed E-state index contributed by atoms with van der Waals surface area (Å²) in [4.78, 5) is 2.66. The molecule has 0 aromatic carbocycles. The Morgan fingerprint density at radius 1 is 0.867 bits per heavy atom. The van der Waals surface area contributed by atoms with Gasteiger partial charge in [0.1, 0.15) is 0 Å². The zero-order chi connectivity index (χ0) is 10.9. The van der Waals surface area contributed by atoms with Gasteiger partial charge in [0.2, 0.25) is 0 Å². The summed E-state index contributed by atoms with van der Waals surface area (Å²) in [6.07, 6.45) is 11.5. The van der Waals surface area contributed by atoms with Crippen LogP contribution < -0.4 is 0 Å². The first kappa shape index (κ1) is 13.0. The third-order valence-electron chi connectivity index (χ3n) is 3.45. The third kappa shape index (κ3) is 6.94. The smallest absolute Gasteiger partial charge is 0.00187 e. The van der Waals surface area contributed by atoms with Crippen molar-refractivity contribution in [1.29, 1.82) is 0 Å². The van der Waals surface area contributed by atoms with E-state index in [9.17, 15) is 0 Å². The Labute approximate surface area is 96.2 Å². The zero-order valence-electron chi connectivity index (χ0n) is 10.8. The first-order valence-electron chi connectivity index (χ1n) is 7.01. The molecule has 1 rings (SSSR count). The molecule has 0 aromatic rings. The van der Waals surface area contributed by atoms with Crippen LogP contribution in [-0.4, -0.2) is 24.5 Å². The van der Waals surface area contributed by atoms with Crippen LogP contribution in [0.1, 0.15) is 65.2 Å². The Kier molecular flexibility index (Phi) is 7.08. The first-order valence-corrected chi connectivity index (χ1v) is 7.01. The highest BCUT2D eigenvalue weighted by atomic mass is 15.1. The summed E-state index contributed by atoms with van der Waals surface area (Å²) >= 11 is 0. The number of hydrogen-bond acceptors (Lipinski definition) is 1. The summed E-state index contributed by atoms with van der Waals surface area (Å²) in [5, 5.41) is 0. The maximum atomic E-state index is 2.66. The molecule has 1 fully saturated rings. The Bertz CT molecular complexity index is 136. The number of hydrogen-bond donors (Lipinski definition) is 0. The molecule has 0 amide bonds. The maximum absolute atomic E-state index is 2.66. The zero-order valence-corrected chi connectivity index (χ0v) is 10.8. The summed E-state index contributed by atoms with van der Waals surface area (Å²) in [6, 6.07) is 0. The van der Waals surface area contributed by atoms with Gasteiger partial charge in [0, 0.05) is 0 Å². The molecule has 0 radical (unpaired) electrons. The largest absolute Gasteiger partial charge is 0.303 e. The van der Waals surface area contributed by atoms with Gasteiger partial charge in [-0.15, -0.1) is 0 Å². The third-order valence-corrected chi connectivity index (χ3v) is 3.45. The monoisotopic (exact) mass is 211 g/mol. The lowest BCUT2D eigenvalue weighted by atomic mass is 10.0. The summed E-state index contributed by atoms with van der Waals surface area (Å²) in [7, 11) is 0. The van der Waals surface area contributed by atoms with Crippen molar-refractivity contribution < 1.29 is 0 Å². The van der Waals surface area contributed by atoms with Crippen molar-refractivity contribution in [3.63, 3.8) is 0 Å². The molecule has 0 N–H and O–H groups in total. The average molecular weight is 211 g/mol. The van der Waals surface area contributed by atoms with Gasteiger partial charge >= 0.3 is 0 Å². The van der Waals surface area contributed by atoms with Crippen LogP contribution in [-0.2, 0) is 0 Å². The molecule has 0 atom stereocenters. The predicted octanol–water partition coefficient (Wildman–Crippen LogP) is 4.08. The fourth-order valence-corrected chi connectivity index (χ4v) is 2.42. The van der Waals surface area contributed by atoms with Crippen molar-refractivity contribution in [2.45, 2.75) is 65.2 Å². The molecular formula is C14H29N. The molecule has 0 saturated carbocycles. The fraction of sp³-hybridized carbons (Fsp3) is 1.00. The molecule has 1 aliphatic rings. The molecule has 0 bridgehead atoms. The van der Waals surface area contributed by atoms with Crippen molar-refractivity contribution in [3.8, 4) is 0 Å². The van der Waals surface area contributed by atoms with Crippen LogP contribution in [0.4, 0.5) is 0 Å². The number of rotatable bonds is 7. The van der Waals surface area contributed by atoms with E-state index in [2.05, 4.69) is 18.7 Å². The van der Waals surface area contributed by atoms with E-state index in [0.29, 0.717) is 0 Å². The van der Waals surface area contributed by atoms with Crippen LogP contribution in [0.3, 0.4) is 0 Å². The number of nitrogens with zero attached hydrogens (tertiary/aromatic N) is 1. The lowest BCUT2D eigenvalue weighted by Gasteiger charge is -2.26. The SMILES string of the molecule is CC(C)CCCCCCN1CCCCC1. The van der Waals surface area contributed by atoms with Crippen LogP contribution >= 0.6 is 0 Å². The molecule has 0 aromatic heterocycles. The summed E-state index contributed by atoms with van der Waals surface area (Å²) < 4.78 is 0. The van der Waals surface area contributed by atoms with Crippen molar-refractivity contribution in [2.75, 3.05) is 19.6 Å². The van der Waals surface area contributed by atoms with Crippen LogP contribution in [0.25, 0.3) is 0 Å². The standard InChI is InChI=1S/C14H29N/c1-14(2)10-6-3-4-7-11-15-12-8-5-9-13-15/h14H,3-13H2,1-2H3. The average Bonchev–Trinajstić information content (AvgIpc) is 2.24. The van der Waals surface area contributed by atoms with Crippen LogP contribution in [0.5, 0.6) is 0 Å². The fourth-order valence-electron chi connectivity index (χ4n) is 2.42. The van der Waals surface area contributed by atoms with Crippen molar-refractivity contribution in [1.82, 2.24) is 4.90 Å². The topological polar surface area (TPSA) is 3.24 Å². The van der Waals surface area contributed by atoms with Gasteiger partial charge in [0.05, 0.1) is 0 Å². The number of unbranched alkanes of at least 4 members (excludes halogenated alkanes) is 3. The van der Waals surface area contributed by atoms with Gasteiger partial charge in [-0.3, -0.25) is 0 Å². The van der Waals surface area contributed by atoms with Gasteiger partial charge in [0.15, 0.2) is 0 Å². The van der Waals surface area contributed by atoms with Crippen LogP contribution in [0.2, 0.25) is 0 Å². The Morgan fingerprint density at radius 2 is 1.53 bits per heavy atom. The Hall–Kier alpha value is -0.0400. The molecule has 1 heterocycles. The van der Waals surface area contributed by atoms with Gasteiger partial charge in [-0.2, -0.15) is 0 Å². The van der Waals surface area contributed by atoms with Crippen LogP contribution in [0, 0.1) is 5.92 Å². The van der Waals surface area contributed by atoms with E-state index >= 15 is 0 Å². The van der Waals surface area contributed by atoms with Gasteiger partial charge in [-0.05, 0) is 44.8 Å². The van der Waals surface area contributed by atoms with Crippen LogP contribution in [0.15, 0.2) is 0 Å². The Balaban J connectivity index is 1.83. The second-order valence-corrected chi connectivity index (χ2v) is 5.50. The number of likely N-dealkylation sites (tertiary alicyclic amines) is 1. The minimum absolute atomic E-state index is 0.895. The lowest BCUT2D eigenvalue weighted by molar-refractivity contribution is 0.224. The highest BCUT2D eigenvalue weighted by molar-refractivity contribution is 4.64. The minimum Gasteiger partial charge on any atom is -0.303 e. The van der Waals surface area contributed by atoms with Crippen molar-refractivity contribution in [3.05, 3.63) is 0 Å². The van der Waals surface area contributed by atoms with E-state index in [1.165, 1.54) is 71.0 Å². The maximum Gasteiger partial charge on any atom is -0.00187 e. The molecule has 0 spiro atoms. The highest BCUT2D eigenvalue weighted by Crippen LogP contribution is 2.12. The molecule has 0 unspecified atom stereocenters. The van der Waals surface area contributed by atoms with E-state index in [4.69, 9.17) is 0 Å². The summed E-state index contributed by atoms with van der Waals surface area (Å²) in [5.74, 6) is 0.895. The number of piperidine rings is 1. The lowest BCUT2D eigenvalue weighted by Crippen LogP contribution is -2.30.